The lowest BCUT2D eigenvalue weighted by Gasteiger charge is -2.25. The zero-order chi connectivity index (χ0) is 14.9. The summed E-state index contributed by atoms with van der Waals surface area (Å²) < 4.78 is 0. The van der Waals surface area contributed by atoms with Crippen LogP contribution in [0, 0.1) is 0 Å². The minimum atomic E-state index is 0.214. The molecule has 0 saturated carbocycles. The maximum atomic E-state index is 12.6. The first-order valence-electron chi connectivity index (χ1n) is 7.80. The Morgan fingerprint density at radius 3 is 2.91 bits per heavy atom. The molecular weight excluding hydrogens is 294 g/mol. The molecule has 0 N–H and O–H groups in total. The molecule has 2 atom stereocenters. The highest BCUT2D eigenvalue weighted by molar-refractivity contribution is 7.12. The number of carbonyl (C=O) groups excluding carboxylic acids is 1. The number of pyridine rings is 1. The van der Waals surface area contributed by atoms with Crippen molar-refractivity contribution in [3.63, 3.8) is 0 Å². The van der Waals surface area contributed by atoms with Crippen LogP contribution in [0.5, 0.6) is 0 Å². The van der Waals surface area contributed by atoms with Crippen molar-refractivity contribution in [1.29, 1.82) is 0 Å². The highest BCUT2D eigenvalue weighted by Gasteiger charge is 2.44. The molecule has 22 heavy (non-hydrogen) atoms. The first-order valence-corrected chi connectivity index (χ1v) is 8.68. The maximum absolute atomic E-state index is 12.6. The number of carbonyl (C=O) groups is 1. The van der Waals surface area contributed by atoms with Crippen LogP contribution in [-0.4, -0.2) is 45.9 Å². The Bertz CT molecular complexity index is 643. The molecule has 0 radical (unpaired) electrons. The Morgan fingerprint density at radius 1 is 1.23 bits per heavy atom. The molecule has 1 amide bonds. The molecule has 4 heterocycles. The zero-order valence-electron chi connectivity index (χ0n) is 12.4. The van der Waals surface area contributed by atoms with Crippen molar-refractivity contribution in [3.8, 4) is 0 Å². The van der Waals surface area contributed by atoms with E-state index in [1.165, 1.54) is 5.56 Å². The molecule has 0 aliphatic carbocycles. The molecule has 0 aromatic carbocycles. The van der Waals surface area contributed by atoms with Crippen molar-refractivity contribution in [2.45, 2.75) is 31.5 Å². The minimum absolute atomic E-state index is 0.214. The molecule has 2 aliphatic heterocycles. The number of nitrogens with zero attached hydrogens (tertiary/aromatic N) is 3. The zero-order valence-corrected chi connectivity index (χ0v) is 13.2. The van der Waals surface area contributed by atoms with Crippen LogP contribution in [0.3, 0.4) is 0 Å². The molecule has 4 rings (SSSR count). The lowest BCUT2D eigenvalue weighted by molar-refractivity contribution is 0.0737. The van der Waals surface area contributed by atoms with Gasteiger partial charge in [0.1, 0.15) is 0 Å². The standard InChI is InChI=1S/C17H19N3OS/c21-17(16-4-2-10-22-16)20-9-6-14-15(20)5-8-19(14)12-13-3-1-7-18-11-13/h1-4,7,10-11,14-15H,5-6,8-9,12H2/t14-,15+/m0/s1. The summed E-state index contributed by atoms with van der Waals surface area (Å²) in [7, 11) is 0. The summed E-state index contributed by atoms with van der Waals surface area (Å²) in [6, 6.07) is 8.89. The van der Waals surface area contributed by atoms with Crippen molar-refractivity contribution < 1.29 is 4.79 Å². The van der Waals surface area contributed by atoms with Crippen molar-refractivity contribution in [2.75, 3.05) is 13.1 Å². The van der Waals surface area contributed by atoms with E-state index in [-0.39, 0.29) is 5.91 Å². The van der Waals surface area contributed by atoms with Gasteiger partial charge < -0.3 is 4.90 Å². The van der Waals surface area contributed by atoms with Crippen LogP contribution in [0.2, 0.25) is 0 Å². The fourth-order valence-electron chi connectivity index (χ4n) is 3.79. The predicted octanol–water partition coefficient (Wildman–Crippen LogP) is 2.63. The highest BCUT2D eigenvalue weighted by atomic mass is 32.1. The van der Waals surface area contributed by atoms with Gasteiger partial charge in [-0.3, -0.25) is 14.7 Å². The maximum Gasteiger partial charge on any atom is 0.264 e. The van der Waals surface area contributed by atoms with Crippen molar-refractivity contribution >= 4 is 17.2 Å². The Morgan fingerprint density at radius 2 is 2.14 bits per heavy atom. The molecule has 0 spiro atoms. The average Bonchev–Trinajstić information content (AvgIpc) is 3.26. The number of fused-ring (bicyclic) bond motifs is 1. The largest absolute Gasteiger partial charge is 0.333 e. The number of hydrogen-bond acceptors (Lipinski definition) is 4. The van der Waals surface area contributed by atoms with Crippen LogP contribution < -0.4 is 0 Å². The summed E-state index contributed by atoms with van der Waals surface area (Å²) >= 11 is 1.54. The molecule has 2 aromatic rings. The molecule has 5 heteroatoms. The summed E-state index contributed by atoms with van der Waals surface area (Å²) in [4.78, 5) is 22.3. The highest BCUT2D eigenvalue weighted by Crippen LogP contribution is 2.33. The molecule has 2 aliphatic rings. The van der Waals surface area contributed by atoms with Crippen molar-refractivity contribution in [1.82, 2.24) is 14.8 Å². The fourth-order valence-corrected chi connectivity index (χ4v) is 4.47. The number of amides is 1. The van der Waals surface area contributed by atoms with Gasteiger partial charge in [-0.25, -0.2) is 0 Å². The van der Waals surface area contributed by atoms with Gasteiger partial charge in [-0.15, -0.1) is 11.3 Å². The molecular formula is C17H19N3OS. The normalized spacial score (nSPS) is 24.6. The van der Waals surface area contributed by atoms with Crippen molar-refractivity contribution in [2.24, 2.45) is 0 Å². The van der Waals surface area contributed by atoms with Crippen LogP contribution in [0.1, 0.15) is 28.1 Å². The van der Waals surface area contributed by atoms with E-state index in [1.807, 2.05) is 36.0 Å². The van der Waals surface area contributed by atoms with Gasteiger partial charge in [0.25, 0.3) is 5.91 Å². The van der Waals surface area contributed by atoms with Gasteiger partial charge in [0.2, 0.25) is 0 Å². The molecule has 0 bridgehead atoms. The van der Waals surface area contributed by atoms with Crippen LogP contribution >= 0.6 is 11.3 Å². The Balaban J connectivity index is 1.46. The van der Waals surface area contributed by atoms with E-state index in [4.69, 9.17) is 0 Å². The van der Waals surface area contributed by atoms with Gasteiger partial charge in [0.15, 0.2) is 0 Å². The number of rotatable bonds is 3. The second-order valence-corrected chi connectivity index (χ2v) is 6.97. The molecule has 2 fully saturated rings. The monoisotopic (exact) mass is 313 g/mol. The summed E-state index contributed by atoms with van der Waals surface area (Å²) in [5, 5.41) is 1.98. The fraction of sp³-hybridized carbons (Fsp3) is 0.412. The van der Waals surface area contributed by atoms with Gasteiger partial charge in [0, 0.05) is 44.1 Å². The molecule has 0 unspecified atom stereocenters. The third-order valence-electron chi connectivity index (χ3n) is 4.79. The molecule has 4 nitrogen and oxygen atoms in total. The van der Waals surface area contributed by atoms with Gasteiger partial charge in [-0.05, 0) is 35.9 Å². The first-order chi connectivity index (χ1) is 10.8. The van der Waals surface area contributed by atoms with E-state index in [2.05, 4.69) is 20.9 Å². The lowest BCUT2D eigenvalue weighted by Crippen LogP contribution is -2.39. The third-order valence-corrected chi connectivity index (χ3v) is 5.65. The van der Waals surface area contributed by atoms with Crippen LogP contribution in [-0.2, 0) is 6.54 Å². The predicted molar refractivity (Wildman–Crippen MR) is 86.8 cm³/mol. The van der Waals surface area contributed by atoms with Crippen LogP contribution in [0.4, 0.5) is 0 Å². The Kier molecular flexibility index (Phi) is 3.68. The van der Waals surface area contributed by atoms with Crippen LogP contribution in [0.25, 0.3) is 0 Å². The van der Waals surface area contributed by atoms with Gasteiger partial charge in [-0.2, -0.15) is 0 Å². The summed E-state index contributed by atoms with van der Waals surface area (Å²) in [6.07, 6.45) is 5.92. The topological polar surface area (TPSA) is 36.4 Å². The average molecular weight is 313 g/mol. The minimum Gasteiger partial charge on any atom is -0.333 e. The summed E-state index contributed by atoms with van der Waals surface area (Å²) in [5.74, 6) is 0.214. The van der Waals surface area contributed by atoms with E-state index in [9.17, 15) is 4.79 Å². The van der Waals surface area contributed by atoms with Crippen LogP contribution in [0.15, 0.2) is 42.0 Å². The van der Waals surface area contributed by atoms with Gasteiger partial charge >= 0.3 is 0 Å². The number of likely N-dealkylation sites (tertiary alicyclic amines) is 2. The molecule has 2 saturated heterocycles. The van der Waals surface area contributed by atoms with E-state index in [0.29, 0.717) is 12.1 Å². The summed E-state index contributed by atoms with van der Waals surface area (Å²) in [6.45, 7) is 2.89. The second kappa shape index (κ2) is 5.82. The lowest BCUT2D eigenvalue weighted by atomic mass is 10.1. The third kappa shape index (κ3) is 2.44. The van der Waals surface area contributed by atoms with Gasteiger partial charge in [-0.1, -0.05) is 12.1 Å². The molecule has 2 aromatic heterocycles. The number of thiophene rings is 1. The second-order valence-electron chi connectivity index (χ2n) is 6.02. The number of aromatic nitrogens is 1. The number of hydrogen-bond donors (Lipinski definition) is 0. The SMILES string of the molecule is O=C(c1cccs1)N1CC[C@H]2[C@H]1CCN2Cc1cccnc1. The smallest absolute Gasteiger partial charge is 0.264 e. The van der Waals surface area contributed by atoms with E-state index < -0.39 is 0 Å². The first kappa shape index (κ1) is 13.9. The van der Waals surface area contributed by atoms with Crippen molar-refractivity contribution in [3.05, 3.63) is 52.5 Å². The summed E-state index contributed by atoms with van der Waals surface area (Å²) in [5.41, 5.74) is 1.26. The quantitative estimate of drug-likeness (QED) is 0.874. The molecule has 114 valence electrons. The van der Waals surface area contributed by atoms with Gasteiger partial charge in [0.05, 0.1) is 4.88 Å². The van der Waals surface area contributed by atoms with E-state index in [0.717, 1.165) is 37.4 Å². The Hall–Kier alpha value is -1.72. The Labute approximate surface area is 134 Å². The van der Waals surface area contributed by atoms with E-state index in [1.54, 1.807) is 11.3 Å². The van der Waals surface area contributed by atoms with E-state index >= 15 is 0 Å².